The molecule has 0 bridgehead atoms. The quantitative estimate of drug-likeness (QED) is 0.837. The summed E-state index contributed by atoms with van der Waals surface area (Å²) in [5.41, 5.74) is 0.730. The lowest BCUT2D eigenvalue weighted by molar-refractivity contribution is 0.227. The van der Waals surface area contributed by atoms with Gasteiger partial charge in [-0.1, -0.05) is 22.0 Å². The van der Waals surface area contributed by atoms with Crippen molar-refractivity contribution in [1.29, 1.82) is 5.26 Å². The molecule has 2 nitrogen and oxygen atoms in total. The first kappa shape index (κ1) is 12.4. The lowest BCUT2D eigenvalue weighted by Gasteiger charge is -2.37. The monoisotopic (exact) mass is 293 g/mol. The van der Waals surface area contributed by atoms with E-state index in [1.165, 1.54) is 0 Å². The Balaban J connectivity index is 2.42. The zero-order valence-electron chi connectivity index (χ0n) is 10.2. The predicted octanol–water partition coefficient (Wildman–Crippen LogP) is 4.18. The molecule has 0 amide bonds. The lowest BCUT2D eigenvalue weighted by Crippen LogP contribution is -2.33. The second kappa shape index (κ2) is 4.70. The smallest absolute Gasteiger partial charge is 0.125 e. The Morgan fingerprint density at radius 3 is 2.59 bits per heavy atom. The molecule has 90 valence electrons. The van der Waals surface area contributed by atoms with Gasteiger partial charge in [-0.3, -0.25) is 0 Å². The summed E-state index contributed by atoms with van der Waals surface area (Å²) in [7, 11) is 0. The normalized spacial score (nSPS) is 17.4. The summed E-state index contributed by atoms with van der Waals surface area (Å²) in [4.78, 5) is 0. The minimum absolute atomic E-state index is 0.124. The molecule has 0 aliphatic heterocycles. The molecular formula is C14H16BrNO. The third-order valence-electron chi connectivity index (χ3n) is 3.24. The molecule has 3 heteroatoms. The highest BCUT2D eigenvalue weighted by atomic mass is 79.9. The molecule has 0 unspecified atom stereocenters. The van der Waals surface area contributed by atoms with Crippen LogP contribution in [0, 0.1) is 11.3 Å². The number of hydrogen-bond acceptors (Lipinski definition) is 2. The third kappa shape index (κ3) is 2.32. The van der Waals surface area contributed by atoms with E-state index in [0.29, 0.717) is 0 Å². The van der Waals surface area contributed by atoms with Crippen molar-refractivity contribution in [3.8, 4) is 11.8 Å². The van der Waals surface area contributed by atoms with Crippen LogP contribution in [0.15, 0.2) is 22.7 Å². The molecule has 0 atom stereocenters. The number of nitriles is 1. The van der Waals surface area contributed by atoms with E-state index in [4.69, 9.17) is 4.74 Å². The first-order valence-electron chi connectivity index (χ1n) is 5.95. The Bertz CT molecular complexity index is 458. The lowest BCUT2D eigenvalue weighted by atomic mass is 9.65. The van der Waals surface area contributed by atoms with E-state index in [9.17, 15) is 5.26 Å². The summed E-state index contributed by atoms with van der Waals surface area (Å²) in [5.74, 6) is 0.843. The number of halogens is 1. The van der Waals surface area contributed by atoms with Gasteiger partial charge in [0.2, 0.25) is 0 Å². The van der Waals surface area contributed by atoms with E-state index in [2.05, 4.69) is 22.0 Å². The molecule has 1 aliphatic carbocycles. The topological polar surface area (TPSA) is 33.0 Å². The van der Waals surface area contributed by atoms with Crippen molar-refractivity contribution in [2.24, 2.45) is 0 Å². The molecule has 17 heavy (non-hydrogen) atoms. The van der Waals surface area contributed by atoms with Crippen molar-refractivity contribution in [1.82, 2.24) is 0 Å². The van der Waals surface area contributed by atoms with Crippen molar-refractivity contribution in [3.05, 3.63) is 28.2 Å². The molecule has 1 saturated carbocycles. The number of hydrogen-bond donors (Lipinski definition) is 0. The van der Waals surface area contributed by atoms with Crippen LogP contribution in [0.3, 0.4) is 0 Å². The van der Waals surface area contributed by atoms with Crippen molar-refractivity contribution in [3.63, 3.8) is 0 Å². The fraction of sp³-hybridized carbons (Fsp3) is 0.500. The number of benzene rings is 1. The maximum atomic E-state index is 9.40. The van der Waals surface area contributed by atoms with E-state index in [0.717, 1.165) is 35.0 Å². The number of ether oxygens (including phenoxy) is 1. The molecule has 0 N–H and O–H groups in total. The zero-order chi connectivity index (χ0) is 12.5. The Morgan fingerprint density at radius 2 is 2.12 bits per heavy atom. The van der Waals surface area contributed by atoms with Gasteiger partial charge < -0.3 is 4.74 Å². The van der Waals surface area contributed by atoms with Gasteiger partial charge in [-0.05, 0) is 45.2 Å². The molecule has 0 heterocycles. The largest absolute Gasteiger partial charge is 0.491 e. The Morgan fingerprint density at radius 1 is 1.41 bits per heavy atom. The van der Waals surface area contributed by atoms with Gasteiger partial charge in [0.25, 0.3) is 0 Å². The summed E-state index contributed by atoms with van der Waals surface area (Å²) < 4.78 is 6.82. The zero-order valence-corrected chi connectivity index (χ0v) is 11.8. The maximum Gasteiger partial charge on any atom is 0.125 e. The van der Waals surface area contributed by atoms with Gasteiger partial charge in [-0.2, -0.15) is 5.26 Å². The summed E-state index contributed by atoms with van der Waals surface area (Å²) >= 11 is 3.45. The van der Waals surface area contributed by atoms with Crippen LogP contribution in [0.4, 0.5) is 0 Å². The van der Waals surface area contributed by atoms with Gasteiger partial charge in [0.1, 0.15) is 5.75 Å². The average Bonchev–Trinajstić information content (AvgIpc) is 2.19. The van der Waals surface area contributed by atoms with Crippen LogP contribution in [-0.4, -0.2) is 6.10 Å². The van der Waals surface area contributed by atoms with Crippen LogP contribution in [-0.2, 0) is 5.41 Å². The van der Waals surface area contributed by atoms with E-state index < -0.39 is 0 Å². The fourth-order valence-electron chi connectivity index (χ4n) is 2.21. The Kier molecular flexibility index (Phi) is 3.44. The van der Waals surface area contributed by atoms with Gasteiger partial charge in [0.05, 0.1) is 17.6 Å². The summed E-state index contributed by atoms with van der Waals surface area (Å²) in [6, 6.07) is 8.44. The highest BCUT2D eigenvalue weighted by molar-refractivity contribution is 9.10. The standard InChI is InChI=1S/C14H16BrNO/c1-10(2)17-13-8-11(15)4-5-12(13)14(9-16)6-3-7-14/h4-5,8,10H,3,6-7H2,1-2H3. The van der Waals surface area contributed by atoms with E-state index >= 15 is 0 Å². The summed E-state index contributed by atoms with van der Waals surface area (Å²) in [5, 5.41) is 9.40. The van der Waals surface area contributed by atoms with Gasteiger partial charge in [0, 0.05) is 10.0 Å². The molecule has 1 aromatic carbocycles. The van der Waals surface area contributed by atoms with Crippen LogP contribution >= 0.6 is 15.9 Å². The fourth-order valence-corrected chi connectivity index (χ4v) is 2.55. The second-order valence-electron chi connectivity index (χ2n) is 4.85. The predicted molar refractivity (Wildman–Crippen MR) is 71.0 cm³/mol. The number of rotatable bonds is 3. The molecule has 0 radical (unpaired) electrons. The molecule has 0 saturated heterocycles. The van der Waals surface area contributed by atoms with Crippen molar-refractivity contribution < 1.29 is 4.74 Å². The van der Waals surface area contributed by atoms with Gasteiger partial charge in [-0.15, -0.1) is 0 Å². The van der Waals surface area contributed by atoms with Gasteiger partial charge >= 0.3 is 0 Å². The molecule has 0 spiro atoms. The van der Waals surface area contributed by atoms with Crippen LogP contribution in [0.25, 0.3) is 0 Å². The molecule has 0 aromatic heterocycles. The molecule has 1 aromatic rings. The highest BCUT2D eigenvalue weighted by Gasteiger charge is 2.41. The van der Waals surface area contributed by atoms with Crippen LogP contribution < -0.4 is 4.74 Å². The Labute approximate surface area is 111 Å². The first-order chi connectivity index (χ1) is 8.07. The van der Waals surface area contributed by atoms with E-state index in [-0.39, 0.29) is 11.5 Å². The number of nitrogens with zero attached hydrogens (tertiary/aromatic N) is 1. The van der Waals surface area contributed by atoms with Crippen LogP contribution in [0.1, 0.15) is 38.7 Å². The summed E-state index contributed by atoms with van der Waals surface area (Å²) in [6.45, 7) is 4.01. The third-order valence-corrected chi connectivity index (χ3v) is 3.74. The van der Waals surface area contributed by atoms with Crippen molar-refractivity contribution in [2.75, 3.05) is 0 Å². The van der Waals surface area contributed by atoms with Crippen LogP contribution in [0.5, 0.6) is 5.75 Å². The SMILES string of the molecule is CC(C)Oc1cc(Br)ccc1C1(C#N)CCC1. The minimum Gasteiger partial charge on any atom is -0.491 e. The van der Waals surface area contributed by atoms with Crippen LogP contribution in [0.2, 0.25) is 0 Å². The van der Waals surface area contributed by atoms with E-state index in [1.807, 2.05) is 32.0 Å². The maximum absolute atomic E-state index is 9.40. The molecule has 1 aliphatic rings. The van der Waals surface area contributed by atoms with Gasteiger partial charge in [-0.25, -0.2) is 0 Å². The minimum atomic E-state index is -0.315. The molecular weight excluding hydrogens is 278 g/mol. The van der Waals surface area contributed by atoms with Gasteiger partial charge in [0.15, 0.2) is 0 Å². The second-order valence-corrected chi connectivity index (χ2v) is 5.77. The highest BCUT2D eigenvalue weighted by Crippen LogP contribution is 2.47. The van der Waals surface area contributed by atoms with Crippen molar-refractivity contribution in [2.45, 2.75) is 44.6 Å². The summed E-state index contributed by atoms with van der Waals surface area (Å²) in [6.07, 6.45) is 3.14. The van der Waals surface area contributed by atoms with Crippen molar-refractivity contribution >= 4 is 15.9 Å². The Hall–Kier alpha value is -1.01. The van der Waals surface area contributed by atoms with E-state index in [1.54, 1.807) is 0 Å². The molecule has 2 rings (SSSR count). The molecule has 1 fully saturated rings. The first-order valence-corrected chi connectivity index (χ1v) is 6.75. The average molecular weight is 294 g/mol.